The summed E-state index contributed by atoms with van der Waals surface area (Å²) in [6.45, 7) is 4.88. The molecule has 18 heavy (non-hydrogen) atoms. The van der Waals surface area contributed by atoms with Crippen molar-refractivity contribution in [3.05, 3.63) is 47.2 Å². The molecule has 0 aliphatic rings. The molecule has 0 atom stereocenters. The van der Waals surface area contributed by atoms with Gasteiger partial charge in [0.05, 0.1) is 0 Å². The summed E-state index contributed by atoms with van der Waals surface area (Å²) in [5, 5.41) is 0. The molecule has 4 nitrogen and oxygen atoms in total. The van der Waals surface area contributed by atoms with Gasteiger partial charge >= 0.3 is 0 Å². The summed E-state index contributed by atoms with van der Waals surface area (Å²) in [5.41, 5.74) is 9.17. The van der Waals surface area contributed by atoms with E-state index < -0.39 is 0 Å². The van der Waals surface area contributed by atoms with Crippen molar-refractivity contribution < 1.29 is 0 Å². The van der Waals surface area contributed by atoms with Crippen molar-refractivity contribution in [2.45, 2.75) is 20.4 Å². The molecule has 2 rings (SSSR count). The van der Waals surface area contributed by atoms with E-state index in [-0.39, 0.29) is 0 Å². The number of anilines is 2. The van der Waals surface area contributed by atoms with Crippen molar-refractivity contribution in [1.82, 2.24) is 9.97 Å². The second-order valence-electron chi connectivity index (χ2n) is 4.58. The highest BCUT2D eigenvalue weighted by Crippen LogP contribution is 2.18. The van der Waals surface area contributed by atoms with Crippen LogP contribution >= 0.6 is 0 Å². The Morgan fingerprint density at radius 2 is 1.83 bits per heavy atom. The average Bonchev–Trinajstić information content (AvgIpc) is 2.35. The Kier molecular flexibility index (Phi) is 3.46. The van der Waals surface area contributed by atoms with E-state index in [2.05, 4.69) is 46.1 Å². The van der Waals surface area contributed by atoms with Crippen LogP contribution in [0.5, 0.6) is 0 Å². The Bertz CT molecular complexity index is 534. The molecule has 1 heterocycles. The molecule has 0 bridgehead atoms. The van der Waals surface area contributed by atoms with E-state index in [1.807, 2.05) is 14.0 Å². The Morgan fingerprint density at radius 1 is 1.17 bits per heavy atom. The molecule has 0 unspecified atom stereocenters. The molecule has 0 amide bonds. The van der Waals surface area contributed by atoms with Crippen LogP contribution in [0, 0.1) is 13.8 Å². The molecular weight excluding hydrogens is 224 g/mol. The van der Waals surface area contributed by atoms with Gasteiger partial charge in [0.2, 0.25) is 5.95 Å². The van der Waals surface area contributed by atoms with Crippen LogP contribution in [0.1, 0.15) is 16.7 Å². The first kappa shape index (κ1) is 12.4. The summed E-state index contributed by atoms with van der Waals surface area (Å²) >= 11 is 0. The lowest BCUT2D eigenvalue weighted by Gasteiger charge is -2.20. The number of nitrogen functional groups attached to an aromatic ring is 1. The van der Waals surface area contributed by atoms with Crippen LogP contribution < -0.4 is 10.6 Å². The average molecular weight is 242 g/mol. The van der Waals surface area contributed by atoms with Gasteiger partial charge in [-0.1, -0.05) is 29.8 Å². The quantitative estimate of drug-likeness (QED) is 0.897. The van der Waals surface area contributed by atoms with Crippen LogP contribution in [0.2, 0.25) is 0 Å². The lowest BCUT2D eigenvalue weighted by molar-refractivity contribution is 0.884. The largest absolute Gasteiger partial charge is 0.368 e. The number of nitrogens with two attached hydrogens (primary N) is 1. The lowest BCUT2D eigenvalue weighted by atomic mass is 10.1. The third-order valence-corrected chi connectivity index (χ3v) is 2.87. The number of aromatic nitrogens is 2. The summed E-state index contributed by atoms with van der Waals surface area (Å²) in [4.78, 5) is 10.3. The van der Waals surface area contributed by atoms with Crippen molar-refractivity contribution in [2.24, 2.45) is 0 Å². The standard InChI is InChI=1S/C14H18N4/c1-10-4-6-12(7-5-10)9-18(3)13-11(2)8-16-14(15)17-13/h4-8H,9H2,1-3H3,(H2,15,16,17). The molecular formula is C14H18N4. The van der Waals surface area contributed by atoms with Crippen LogP contribution in [0.4, 0.5) is 11.8 Å². The molecule has 0 radical (unpaired) electrons. The fourth-order valence-corrected chi connectivity index (χ4v) is 1.87. The highest BCUT2D eigenvalue weighted by atomic mass is 15.2. The van der Waals surface area contributed by atoms with Gasteiger partial charge in [-0.25, -0.2) is 4.98 Å². The second kappa shape index (κ2) is 5.04. The zero-order valence-electron chi connectivity index (χ0n) is 11.0. The molecule has 1 aromatic heterocycles. The van der Waals surface area contributed by atoms with Crippen molar-refractivity contribution in [2.75, 3.05) is 17.7 Å². The fourth-order valence-electron chi connectivity index (χ4n) is 1.87. The predicted octanol–water partition coefficient (Wildman–Crippen LogP) is 2.31. The van der Waals surface area contributed by atoms with E-state index in [4.69, 9.17) is 5.73 Å². The topological polar surface area (TPSA) is 55.0 Å². The monoisotopic (exact) mass is 242 g/mol. The Balaban J connectivity index is 2.18. The predicted molar refractivity (Wildman–Crippen MR) is 74.5 cm³/mol. The maximum Gasteiger partial charge on any atom is 0.221 e. The van der Waals surface area contributed by atoms with E-state index in [1.165, 1.54) is 11.1 Å². The van der Waals surface area contributed by atoms with Crippen LogP contribution in [0.15, 0.2) is 30.5 Å². The van der Waals surface area contributed by atoms with Crippen molar-refractivity contribution in [3.8, 4) is 0 Å². The normalized spacial score (nSPS) is 10.4. The molecule has 94 valence electrons. The van der Waals surface area contributed by atoms with Crippen molar-refractivity contribution in [3.63, 3.8) is 0 Å². The first-order valence-corrected chi connectivity index (χ1v) is 5.92. The second-order valence-corrected chi connectivity index (χ2v) is 4.58. The number of benzene rings is 1. The van der Waals surface area contributed by atoms with Crippen LogP contribution in [-0.4, -0.2) is 17.0 Å². The van der Waals surface area contributed by atoms with Gasteiger partial charge < -0.3 is 10.6 Å². The van der Waals surface area contributed by atoms with Crippen LogP contribution in [0.25, 0.3) is 0 Å². The van der Waals surface area contributed by atoms with Gasteiger partial charge in [0, 0.05) is 25.4 Å². The summed E-state index contributed by atoms with van der Waals surface area (Å²) < 4.78 is 0. The maximum atomic E-state index is 5.63. The summed E-state index contributed by atoms with van der Waals surface area (Å²) in [7, 11) is 2.01. The van der Waals surface area contributed by atoms with Crippen molar-refractivity contribution >= 4 is 11.8 Å². The first-order valence-electron chi connectivity index (χ1n) is 5.92. The number of aryl methyl sites for hydroxylation is 2. The van der Waals surface area contributed by atoms with Crippen molar-refractivity contribution in [1.29, 1.82) is 0 Å². The number of hydrogen-bond donors (Lipinski definition) is 1. The lowest BCUT2D eigenvalue weighted by Crippen LogP contribution is -2.19. The Labute approximate surface area is 107 Å². The van der Waals surface area contributed by atoms with Gasteiger partial charge in [0.1, 0.15) is 5.82 Å². The minimum Gasteiger partial charge on any atom is -0.368 e. The molecule has 0 spiro atoms. The van der Waals surface area contributed by atoms with Gasteiger partial charge in [-0.15, -0.1) is 0 Å². The third-order valence-electron chi connectivity index (χ3n) is 2.87. The van der Waals surface area contributed by atoms with Gasteiger partial charge in [-0.3, -0.25) is 0 Å². The first-order chi connectivity index (χ1) is 8.56. The van der Waals surface area contributed by atoms with E-state index in [0.717, 1.165) is 17.9 Å². The SMILES string of the molecule is Cc1ccc(CN(C)c2nc(N)ncc2C)cc1. The van der Waals surface area contributed by atoms with E-state index in [9.17, 15) is 0 Å². The summed E-state index contributed by atoms with van der Waals surface area (Å²) in [6, 6.07) is 8.49. The molecule has 0 aliphatic heterocycles. The maximum absolute atomic E-state index is 5.63. The fraction of sp³-hybridized carbons (Fsp3) is 0.286. The number of hydrogen-bond acceptors (Lipinski definition) is 4. The minimum atomic E-state index is 0.311. The van der Waals surface area contributed by atoms with Gasteiger partial charge in [-0.2, -0.15) is 4.98 Å². The van der Waals surface area contributed by atoms with Gasteiger partial charge in [0.25, 0.3) is 0 Å². The molecule has 0 saturated heterocycles. The highest BCUT2D eigenvalue weighted by molar-refractivity contribution is 5.47. The third kappa shape index (κ3) is 2.77. The highest BCUT2D eigenvalue weighted by Gasteiger charge is 2.08. The summed E-state index contributed by atoms with van der Waals surface area (Å²) in [6.07, 6.45) is 1.75. The van der Waals surface area contributed by atoms with E-state index >= 15 is 0 Å². The Morgan fingerprint density at radius 3 is 2.50 bits per heavy atom. The molecule has 4 heteroatoms. The van der Waals surface area contributed by atoms with Gasteiger partial charge in [0.15, 0.2) is 0 Å². The molecule has 0 fully saturated rings. The smallest absolute Gasteiger partial charge is 0.221 e. The molecule has 2 N–H and O–H groups in total. The van der Waals surface area contributed by atoms with Gasteiger partial charge in [-0.05, 0) is 19.4 Å². The zero-order chi connectivity index (χ0) is 13.1. The Hall–Kier alpha value is -2.10. The molecule has 0 aliphatic carbocycles. The van der Waals surface area contributed by atoms with E-state index in [1.54, 1.807) is 6.20 Å². The molecule has 2 aromatic rings. The van der Waals surface area contributed by atoms with Crippen LogP contribution in [0.3, 0.4) is 0 Å². The van der Waals surface area contributed by atoms with Crippen LogP contribution in [-0.2, 0) is 6.54 Å². The zero-order valence-corrected chi connectivity index (χ0v) is 11.0. The van der Waals surface area contributed by atoms with E-state index in [0.29, 0.717) is 5.95 Å². The number of rotatable bonds is 3. The molecule has 1 aromatic carbocycles. The molecule has 0 saturated carbocycles. The number of nitrogens with zero attached hydrogens (tertiary/aromatic N) is 3. The summed E-state index contributed by atoms with van der Waals surface area (Å²) in [5.74, 6) is 1.19. The minimum absolute atomic E-state index is 0.311.